The highest BCUT2D eigenvalue weighted by Crippen LogP contribution is 2.36. The van der Waals surface area contributed by atoms with Gasteiger partial charge in [0.1, 0.15) is 0 Å². The number of nitrogens with zero attached hydrogens (tertiary/aromatic N) is 4. The smallest absolute Gasteiger partial charge is 0.160 e. The lowest BCUT2D eigenvalue weighted by Gasteiger charge is -2.19. The molecule has 0 radical (unpaired) electrons. The molecule has 3 heterocycles. The van der Waals surface area contributed by atoms with Gasteiger partial charge in [0.25, 0.3) is 0 Å². The van der Waals surface area contributed by atoms with Crippen molar-refractivity contribution in [2.75, 3.05) is 0 Å². The Labute approximate surface area is 323 Å². The van der Waals surface area contributed by atoms with Crippen LogP contribution in [0.1, 0.15) is 49.0 Å². The number of fused-ring (bicyclic) bond motifs is 2. The molecule has 0 saturated heterocycles. The minimum atomic E-state index is -0.0342. The number of rotatable bonds is 6. The van der Waals surface area contributed by atoms with Gasteiger partial charge in [0.15, 0.2) is 5.82 Å². The summed E-state index contributed by atoms with van der Waals surface area (Å²) >= 11 is 0. The predicted molar refractivity (Wildman–Crippen MR) is 227 cm³/mol. The highest BCUT2D eigenvalue weighted by atomic mass is 14.9. The largest absolute Gasteiger partial charge is 0.256 e. The van der Waals surface area contributed by atoms with Crippen LogP contribution < -0.4 is 0 Å². The number of benzene rings is 5. The Morgan fingerprint density at radius 2 is 0.891 bits per heavy atom. The van der Waals surface area contributed by atoms with E-state index in [2.05, 4.69) is 160 Å². The zero-order chi connectivity index (χ0) is 37.4. The molecule has 0 atom stereocenters. The molecule has 0 amide bonds. The third-order valence-electron chi connectivity index (χ3n) is 10.3. The summed E-state index contributed by atoms with van der Waals surface area (Å²) in [6.07, 6.45) is 5.09. The number of hydrogen-bond donors (Lipinski definition) is 0. The molecule has 0 saturated carbocycles. The molecule has 264 valence electrons. The van der Waals surface area contributed by atoms with Gasteiger partial charge in [-0.15, -0.1) is 0 Å². The van der Waals surface area contributed by atoms with Gasteiger partial charge >= 0.3 is 0 Å². The van der Waals surface area contributed by atoms with Crippen LogP contribution in [-0.2, 0) is 11.8 Å². The molecule has 9 rings (SSSR count). The van der Waals surface area contributed by atoms with Gasteiger partial charge in [-0.25, -0.2) is 9.97 Å². The van der Waals surface area contributed by atoms with E-state index in [1.165, 1.54) is 11.1 Å². The SMILES string of the molecule is CC(C)(C)c1ccc2c(n1)Cc1nc(-c3ccc(-c4ccc(-c5nc(-c6ccccc6)cc(-c6ccccc6)n5)cc4)cc3)cc(-c3ccccc3)c1C=C2. The van der Waals surface area contributed by atoms with Crippen LogP contribution in [0.5, 0.6) is 0 Å². The fraction of sp³-hybridized carbons (Fsp3) is 0.0980. The van der Waals surface area contributed by atoms with Gasteiger partial charge in [-0.1, -0.05) is 179 Å². The van der Waals surface area contributed by atoms with E-state index in [-0.39, 0.29) is 5.41 Å². The van der Waals surface area contributed by atoms with E-state index in [0.717, 1.165) is 78.7 Å². The van der Waals surface area contributed by atoms with E-state index >= 15 is 0 Å². The maximum absolute atomic E-state index is 5.32. The van der Waals surface area contributed by atoms with E-state index in [4.69, 9.17) is 19.9 Å². The Kier molecular flexibility index (Phi) is 8.80. The predicted octanol–water partition coefficient (Wildman–Crippen LogP) is 12.6. The van der Waals surface area contributed by atoms with Crippen LogP contribution in [0, 0.1) is 0 Å². The quantitative estimate of drug-likeness (QED) is 0.173. The van der Waals surface area contributed by atoms with Crippen molar-refractivity contribution in [2.45, 2.75) is 32.6 Å². The molecule has 0 spiro atoms. The van der Waals surface area contributed by atoms with Crippen LogP contribution in [0.15, 0.2) is 164 Å². The lowest BCUT2D eigenvalue weighted by Crippen LogP contribution is -2.15. The van der Waals surface area contributed by atoms with Crippen molar-refractivity contribution in [1.29, 1.82) is 0 Å². The van der Waals surface area contributed by atoms with Gasteiger partial charge in [-0.3, -0.25) is 9.97 Å². The molecule has 0 N–H and O–H groups in total. The van der Waals surface area contributed by atoms with Crippen LogP contribution in [0.25, 0.3) is 79.6 Å². The zero-order valence-corrected chi connectivity index (χ0v) is 31.2. The van der Waals surface area contributed by atoms with Crippen molar-refractivity contribution in [3.8, 4) is 67.4 Å². The lowest BCUT2D eigenvalue weighted by atomic mass is 9.90. The normalized spacial score (nSPS) is 12.1. The van der Waals surface area contributed by atoms with Crippen LogP contribution in [-0.4, -0.2) is 19.9 Å². The average Bonchev–Trinajstić information content (AvgIpc) is 3.43. The first-order valence-corrected chi connectivity index (χ1v) is 18.8. The van der Waals surface area contributed by atoms with Crippen molar-refractivity contribution in [3.05, 3.63) is 192 Å². The molecule has 5 aromatic carbocycles. The number of hydrogen-bond acceptors (Lipinski definition) is 4. The summed E-state index contributed by atoms with van der Waals surface area (Å²) in [7, 11) is 0. The summed E-state index contributed by atoms with van der Waals surface area (Å²) in [4.78, 5) is 20.5. The van der Waals surface area contributed by atoms with E-state index < -0.39 is 0 Å². The first kappa shape index (κ1) is 34.0. The average molecular weight is 709 g/mol. The molecular formula is C51H40N4. The van der Waals surface area contributed by atoms with Crippen LogP contribution in [0.4, 0.5) is 0 Å². The van der Waals surface area contributed by atoms with Crippen molar-refractivity contribution in [2.24, 2.45) is 0 Å². The number of aromatic nitrogens is 4. The lowest BCUT2D eigenvalue weighted by molar-refractivity contribution is 0.566. The summed E-state index contributed by atoms with van der Waals surface area (Å²) in [6.45, 7) is 6.64. The second-order valence-electron chi connectivity index (χ2n) is 15.1. The first-order valence-electron chi connectivity index (χ1n) is 18.8. The topological polar surface area (TPSA) is 51.6 Å². The van der Waals surface area contributed by atoms with E-state index in [1.54, 1.807) is 0 Å². The third-order valence-corrected chi connectivity index (χ3v) is 10.3. The molecule has 4 nitrogen and oxygen atoms in total. The summed E-state index contributed by atoms with van der Waals surface area (Å²) in [5.41, 5.74) is 17.0. The molecule has 0 unspecified atom stereocenters. The highest BCUT2D eigenvalue weighted by molar-refractivity contribution is 5.86. The molecule has 0 fully saturated rings. The molecular weight excluding hydrogens is 669 g/mol. The molecule has 1 aliphatic carbocycles. The van der Waals surface area contributed by atoms with Crippen molar-refractivity contribution in [3.63, 3.8) is 0 Å². The fourth-order valence-corrected chi connectivity index (χ4v) is 7.22. The second kappa shape index (κ2) is 14.2. The standard InChI is InChI=1S/C51H40N4/c1-51(2,3)49-30-28-40-27-29-42-43(36-13-7-4-8-14-36)31-44(52-48(42)33-45(40)53-49)39-23-19-34(20-24-39)35-21-25-41(26-22-35)50-54-46(37-15-9-5-10-16-37)32-47(55-50)38-17-11-6-12-18-38/h4-32H,33H2,1-3H3. The van der Waals surface area contributed by atoms with Crippen LogP contribution >= 0.6 is 0 Å². The summed E-state index contributed by atoms with van der Waals surface area (Å²) in [5, 5.41) is 0. The minimum Gasteiger partial charge on any atom is -0.256 e. The third kappa shape index (κ3) is 7.03. The van der Waals surface area contributed by atoms with E-state index in [9.17, 15) is 0 Å². The number of pyridine rings is 2. The van der Waals surface area contributed by atoms with Crippen molar-refractivity contribution in [1.82, 2.24) is 19.9 Å². The van der Waals surface area contributed by atoms with Crippen molar-refractivity contribution < 1.29 is 0 Å². The molecule has 0 aliphatic heterocycles. The summed E-state index contributed by atoms with van der Waals surface area (Å²) < 4.78 is 0. The maximum atomic E-state index is 5.32. The van der Waals surface area contributed by atoms with Crippen molar-refractivity contribution >= 4 is 12.2 Å². The van der Waals surface area contributed by atoms with Gasteiger partial charge in [0, 0.05) is 45.3 Å². The molecule has 1 aliphatic rings. The van der Waals surface area contributed by atoms with Gasteiger partial charge in [0.05, 0.1) is 28.5 Å². The summed E-state index contributed by atoms with van der Waals surface area (Å²) in [6, 6.07) is 57.2. The van der Waals surface area contributed by atoms with Gasteiger partial charge < -0.3 is 0 Å². The Morgan fingerprint density at radius 1 is 0.400 bits per heavy atom. The Morgan fingerprint density at radius 3 is 1.45 bits per heavy atom. The summed E-state index contributed by atoms with van der Waals surface area (Å²) in [5.74, 6) is 0.702. The Balaban J connectivity index is 1.04. The fourth-order valence-electron chi connectivity index (χ4n) is 7.22. The molecule has 8 aromatic rings. The Bertz CT molecular complexity index is 2600. The monoisotopic (exact) mass is 708 g/mol. The molecule has 0 bridgehead atoms. The van der Waals surface area contributed by atoms with Crippen LogP contribution in [0.2, 0.25) is 0 Å². The highest BCUT2D eigenvalue weighted by Gasteiger charge is 2.22. The maximum Gasteiger partial charge on any atom is 0.160 e. The molecule has 3 aromatic heterocycles. The van der Waals surface area contributed by atoms with Gasteiger partial charge in [0.2, 0.25) is 0 Å². The van der Waals surface area contributed by atoms with Gasteiger partial charge in [-0.2, -0.15) is 0 Å². The zero-order valence-electron chi connectivity index (χ0n) is 31.2. The van der Waals surface area contributed by atoms with Gasteiger partial charge in [-0.05, 0) is 46.0 Å². The molecule has 4 heteroatoms. The van der Waals surface area contributed by atoms with E-state index in [0.29, 0.717) is 12.2 Å². The molecule has 55 heavy (non-hydrogen) atoms. The van der Waals surface area contributed by atoms with E-state index in [1.807, 2.05) is 36.4 Å². The first-order chi connectivity index (χ1) is 26.9. The minimum absolute atomic E-state index is 0.0342. The van der Waals surface area contributed by atoms with Crippen LogP contribution in [0.3, 0.4) is 0 Å². The second-order valence-corrected chi connectivity index (χ2v) is 15.1. The Hall–Kier alpha value is -6.78.